The molecule has 0 aliphatic carbocycles. The van der Waals surface area contributed by atoms with Gasteiger partial charge in [0.2, 0.25) is 11.8 Å². The first-order chi connectivity index (χ1) is 9.96. The van der Waals surface area contributed by atoms with Crippen molar-refractivity contribution in [1.82, 2.24) is 10.2 Å². The third-order valence-electron chi connectivity index (χ3n) is 2.89. The number of benzene rings is 1. The second-order valence-electron chi connectivity index (χ2n) is 4.47. The number of thiocarbonyl (C=S) groups is 1. The van der Waals surface area contributed by atoms with Crippen LogP contribution in [0.4, 0.5) is 5.69 Å². The highest BCUT2D eigenvalue weighted by molar-refractivity contribution is 7.80. The van der Waals surface area contributed by atoms with Gasteiger partial charge in [0.15, 0.2) is 0 Å². The minimum absolute atomic E-state index is 0.125. The standard InChI is InChI=1S/C14H20N4O2S/c1-3-18(8-12(19)16-2)9-13(20)17-11-6-4-5-10(7-11)14(15)21/h4-7H,3,8-9H2,1-2H3,(H2,15,21)(H,16,19)(H,17,20). The van der Waals surface area contributed by atoms with Crippen molar-refractivity contribution in [2.45, 2.75) is 6.92 Å². The summed E-state index contributed by atoms with van der Waals surface area (Å²) in [6, 6.07) is 7.03. The van der Waals surface area contributed by atoms with E-state index in [1.165, 1.54) is 0 Å². The molecule has 114 valence electrons. The van der Waals surface area contributed by atoms with Gasteiger partial charge in [-0.2, -0.15) is 0 Å². The van der Waals surface area contributed by atoms with Gasteiger partial charge in [0.25, 0.3) is 0 Å². The van der Waals surface area contributed by atoms with Gasteiger partial charge in [0.1, 0.15) is 4.99 Å². The van der Waals surface area contributed by atoms with E-state index in [9.17, 15) is 9.59 Å². The number of nitrogens with one attached hydrogen (secondary N) is 2. The smallest absolute Gasteiger partial charge is 0.238 e. The fourth-order valence-corrected chi connectivity index (χ4v) is 1.84. The summed E-state index contributed by atoms with van der Waals surface area (Å²) in [5.74, 6) is -0.319. The first kappa shape index (κ1) is 17.1. The van der Waals surface area contributed by atoms with Gasteiger partial charge in [-0.3, -0.25) is 14.5 Å². The maximum Gasteiger partial charge on any atom is 0.238 e. The Morgan fingerprint density at radius 1 is 1.29 bits per heavy atom. The molecule has 2 amide bonds. The first-order valence-corrected chi connectivity index (χ1v) is 6.99. The van der Waals surface area contributed by atoms with Crippen LogP contribution in [0.25, 0.3) is 0 Å². The lowest BCUT2D eigenvalue weighted by Crippen LogP contribution is -2.40. The summed E-state index contributed by atoms with van der Waals surface area (Å²) in [6.07, 6.45) is 0. The fraction of sp³-hybridized carbons (Fsp3) is 0.357. The molecular weight excluding hydrogens is 288 g/mol. The van der Waals surface area contributed by atoms with Gasteiger partial charge in [0.05, 0.1) is 13.1 Å². The number of rotatable bonds is 7. The zero-order valence-electron chi connectivity index (χ0n) is 12.2. The van der Waals surface area contributed by atoms with Crippen LogP contribution in [0.5, 0.6) is 0 Å². The Morgan fingerprint density at radius 2 is 1.95 bits per heavy atom. The molecule has 0 heterocycles. The lowest BCUT2D eigenvalue weighted by molar-refractivity contribution is -0.123. The molecular formula is C14H20N4O2S. The van der Waals surface area contributed by atoms with E-state index in [1.807, 2.05) is 6.92 Å². The van der Waals surface area contributed by atoms with Crippen LogP contribution in [-0.2, 0) is 9.59 Å². The number of likely N-dealkylation sites (N-methyl/N-ethyl adjacent to an activating group) is 2. The molecule has 6 nitrogen and oxygen atoms in total. The number of anilines is 1. The van der Waals surface area contributed by atoms with Crippen LogP contribution < -0.4 is 16.4 Å². The van der Waals surface area contributed by atoms with E-state index in [0.717, 1.165) is 0 Å². The van der Waals surface area contributed by atoms with Gasteiger partial charge < -0.3 is 16.4 Å². The minimum atomic E-state index is -0.194. The number of amides is 2. The van der Waals surface area contributed by atoms with Crippen molar-refractivity contribution in [1.29, 1.82) is 0 Å². The van der Waals surface area contributed by atoms with Crippen molar-refractivity contribution in [3.8, 4) is 0 Å². The molecule has 4 N–H and O–H groups in total. The van der Waals surface area contributed by atoms with Crippen LogP contribution in [0.1, 0.15) is 12.5 Å². The number of nitrogens with zero attached hydrogens (tertiary/aromatic N) is 1. The topological polar surface area (TPSA) is 87.5 Å². The van der Waals surface area contributed by atoms with Crippen LogP contribution >= 0.6 is 12.2 Å². The Hall–Kier alpha value is -1.99. The Kier molecular flexibility index (Phi) is 6.77. The van der Waals surface area contributed by atoms with Crippen LogP contribution in [0.3, 0.4) is 0 Å². The summed E-state index contributed by atoms with van der Waals surface area (Å²) in [5.41, 5.74) is 6.87. The average Bonchev–Trinajstić information content (AvgIpc) is 2.46. The molecule has 0 spiro atoms. The molecule has 0 radical (unpaired) electrons. The van der Waals surface area contributed by atoms with Gasteiger partial charge in [-0.15, -0.1) is 0 Å². The number of carbonyl (C=O) groups excluding carboxylic acids is 2. The number of nitrogens with two attached hydrogens (primary N) is 1. The van der Waals surface area contributed by atoms with Crippen molar-refractivity contribution in [2.24, 2.45) is 5.73 Å². The highest BCUT2D eigenvalue weighted by Gasteiger charge is 2.12. The van der Waals surface area contributed by atoms with Crippen molar-refractivity contribution < 1.29 is 9.59 Å². The average molecular weight is 308 g/mol. The van der Waals surface area contributed by atoms with Gasteiger partial charge in [-0.25, -0.2) is 0 Å². The van der Waals surface area contributed by atoms with E-state index in [1.54, 1.807) is 36.2 Å². The van der Waals surface area contributed by atoms with E-state index in [-0.39, 0.29) is 29.9 Å². The lowest BCUT2D eigenvalue weighted by Gasteiger charge is -2.18. The normalized spacial score (nSPS) is 10.2. The maximum absolute atomic E-state index is 12.0. The van der Waals surface area contributed by atoms with E-state index in [2.05, 4.69) is 10.6 Å². The highest BCUT2D eigenvalue weighted by atomic mass is 32.1. The Balaban J connectivity index is 2.62. The Bertz CT molecular complexity index is 533. The predicted octanol–water partition coefficient (Wildman–Crippen LogP) is 0.327. The molecule has 0 atom stereocenters. The van der Waals surface area contributed by atoms with Gasteiger partial charge >= 0.3 is 0 Å². The largest absolute Gasteiger partial charge is 0.389 e. The molecule has 0 aromatic heterocycles. The number of hydrogen-bond acceptors (Lipinski definition) is 4. The molecule has 1 aromatic carbocycles. The molecule has 1 aromatic rings. The fourth-order valence-electron chi connectivity index (χ4n) is 1.72. The molecule has 0 fully saturated rings. The molecule has 7 heteroatoms. The molecule has 0 aliphatic rings. The molecule has 0 bridgehead atoms. The van der Waals surface area contributed by atoms with Crippen molar-refractivity contribution in [2.75, 3.05) is 32.0 Å². The lowest BCUT2D eigenvalue weighted by atomic mass is 10.2. The monoisotopic (exact) mass is 308 g/mol. The molecule has 1 rings (SSSR count). The summed E-state index contributed by atoms with van der Waals surface area (Å²) in [7, 11) is 1.57. The zero-order chi connectivity index (χ0) is 15.8. The summed E-state index contributed by atoms with van der Waals surface area (Å²) in [5, 5.41) is 5.30. The Labute approximate surface area is 129 Å². The SMILES string of the molecule is CCN(CC(=O)NC)CC(=O)Nc1cccc(C(N)=S)c1. The zero-order valence-corrected chi connectivity index (χ0v) is 13.0. The van der Waals surface area contributed by atoms with Gasteiger partial charge in [0, 0.05) is 18.3 Å². The van der Waals surface area contributed by atoms with Crippen molar-refractivity contribution in [3.63, 3.8) is 0 Å². The minimum Gasteiger partial charge on any atom is -0.389 e. The highest BCUT2D eigenvalue weighted by Crippen LogP contribution is 2.10. The summed E-state index contributed by atoms with van der Waals surface area (Å²) < 4.78 is 0. The number of carbonyl (C=O) groups is 2. The van der Waals surface area contributed by atoms with E-state index >= 15 is 0 Å². The summed E-state index contributed by atoms with van der Waals surface area (Å²) in [4.78, 5) is 25.3. The van der Waals surface area contributed by atoms with E-state index in [0.29, 0.717) is 17.8 Å². The molecule has 0 unspecified atom stereocenters. The summed E-state index contributed by atoms with van der Waals surface area (Å²) in [6.45, 7) is 2.83. The van der Waals surface area contributed by atoms with Crippen LogP contribution in [-0.4, -0.2) is 48.4 Å². The van der Waals surface area contributed by atoms with E-state index in [4.69, 9.17) is 18.0 Å². The van der Waals surface area contributed by atoms with Crippen molar-refractivity contribution >= 4 is 34.7 Å². The van der Waals surface area contributed by atoms with Crippen LogP contribution in [0.2, 0.25) is 0 Å². The Morgan fingerprint density at radius 3 is 2.52 bits per heavy atom. The predicted molar refractivity (Wildman–Crippen MR) is 87.1 cm³/mol. The van der Waals surface area contributed by atoms with Crippen molar-refractivity contribution in [3.05, 3.63) is 29.8 Å². The molecule has 0 saturated carbocycles. The molecule has 0 aliphatic heterocycles. The maximum atomic E-state index is 12.0. The first-order valence-electron chi connectivity index (χ1n) is 6.59. The third-order valence-corrected chi connectivity index (χ3v) is 3.13. The second kappa shape index (κ2) is 8.33. The third kappa shape index (κ3) is 5.88. The molecule has 0 saturated heterocycles. The second-order valence-corrected chi connectivity index (χ2v) is 4.91. The van der Waals surface area contributed by atoms with Gasteiger partial charge in [-0.05, 0) is 18.7 Å². The van der Waals surface area contributed by atoms with E-state index < -0.39 is 0 Å². The quantitative estimate of drug-likeness (QED) is 0.632. The van der Waals surface area contributed by atoms with Crippen LogP contribution in [0.15, 0.2) is 24.3 Å². The van der Waals surface area contributed by atoms with Gasteiger partial charge in [-0.1, -0.05) is 31.3 Å². The molecule has 21 heavy (non-hydrogen) atoms. The summed E-state index contributed by atoms with van der Waals surface area (Å²) >= 11 is 4.90. The number of hydrogen-bond donors (Lipinski definition) is 3. The van der Waals surface area contributed by atoms with Crippen LogP contribution in [0, 0.1) is 0 Å².